The van der Waals surface area contributed by atoms with E-state index < -0.39 is 35.8 Å². The van der Waals surface area contributed by atoms with Crippen LogP contribution in [0.5, 0.6) is 28.7 Å². The molecule has 4 atom stereocenters. The third-order valence-corrected chi connectivity index (χ3v) is 7.36. The topological polar surface area (TPSA) is 136 Å². The molecule has 3 aromatic carbocycles. The molecule has 3 aliphatic rings. The third-order valence-electron chi connectivity index (χ3n) is 7.36. The Balaban J connectivity index is 1.51. The maximum absolute atomic E-state index is 13.2. The number of phenols is 1. The summed E-state index contributed by atoms with van der Waals surface area (Å²) in [6, 6.07) is 13.4. The molecule has 0 saturated carbocycles. The molecule has 2 aliphatic heterocycles. The molecule has 0 spiro atoms. The highest BCUT2D eigenvalue weighted by molar-refractivity contribution is 5.90. The number of benzene rings is 3. The summed E-state index contributed by atoms with van der Waals surface area (Å²) < 4.78 is 33.6. The van der Waals surface area contributed by atoms with Crippen molar-refractivity contribution in [2.75, 3.05) is 33.4 Å². The van der Waals surface area contributed by atoms with Crippen molar-refractivity contribution in [2.24, 2.45) is 11.8 Å². The highest BCUT2D eigenvalue weighted by atomic mass is 16.7. The van der Waals surface area contributed by atoms with Gasteiger partial charge in [-0.05, 0) is 59.7 Å². The van der Waals surface area contributed by atoms with Crippen LogP contribution >= 0.6 is 0 Å². The summed E-state index contributed by atoms with van der Waals surface area (Å²) in [5, 5.41) is 10.5. The number of nitrogens with two attached hydrogens (primary N) is 1. The van der Waals surface area contributed by atoms with Gasteiger partial charge in [0.2, 0.25) is 12.5 Å². The molecule has 0 radical (unpaired) electrons. The smallest absolute Gasteiger partial charge is 0.338 e. The number of rotatable bonds is 5. The summed E-state index contributed by atoms with van der Waals surface area (Å²) in [7, 11) is 2.87. The van der Waals surface area contributed by atoms with Gasteiger partial charge in [-0.15, -0.1) is 0 Å². The normalized spacial score (nSPS) is 22.7. The van der Waals surface area contributed by atoms with Gasteiger partial charge in [0, 0.05) is 23.1 Å². The van der Waals surface area contributed by atoms with Crippen LogP contribution in [0.25, 0.3) is 0 Å². The van der Waals surface area contributed by atoms with Crippen LogP contribution in [-0.4, -0.2) is 44.7 Å². The Labute approximate surface area is 217 Å². The van der Waals surface area contributed by atoms with E-state index in [1.54, 1.807) is 48.5 Å². The average molecular weight is 520 g/mol. The number of hydrogen-bond acceptors (Lipinski definition) is 10. The van der Waals surface area contributed by atoms with Crippen molar-refractivity contribution in [3.8, 4) is 28.7 Å². The quantitative estimate of drug-likeness (QED) is 0.380. The van der Waals surface area contributed by atoms with Gasteiger partial charge in [0.1, 0.15) is 6.10 Å². The minimum Gasteiger partial charge on any atom is -0.502 e. The van der Waals surface area contributed by atoms with E-state index in [4.69, 9.17) is 34.2 Å². The third kappa shape index (κ3) is 3.71. The van der Waals surface area contributed by atoms with Crippen LogP contribution in [0.2, 0.25) is 0 Å². The van der Waals surface area contributed by atoms with E-state index in [0.29, 0.717) is 39.4 Å². The SMILES string of the molecule is COc1cc([C@@H]2c3cc4c(cc3[C@@H](OC(=O)c3ccc(N)cc3)[C@H]3COC(=O)[C@H]23)OCO4)cc(OC)c1O. The van der Waals surface area contributed by atoms with Crippen molar-refractivity contribution in [3.63, 3.8) is 0 Å². The van der Waals surface area contributed by atoms with Crippen molar-refractivity contribution in [3.05, 3.63) is 70.8 Å². The molecule has 0 bridgehead atoms. The lowest BCUT2D eigenvalue weighted by molar-refractivity contribution is -0.141. The first-order valence-electron chi connectivity index (χ1n) is 12.0. The maximum atomic E-state index is 13.2. The number of ether oxygens (including phenoxy) is 6. The number of carbonyl (C=O) groups is 2. The molecular formula is C28H25NO9. The number of anilines is 1. The van der Waals surface area contributed by atoms with Crippen LogP contribution in [0.15, 0.2) is 48.5 Å². The van der Waals surface area contributed by atoms with Crippen molar-refractivity contribution in [2.45, 2.75) is 12.0 Å². The van der Waals surface area contributed by atoms with Gasteiger partial charge in [-0.3, -0.25) is 4.79 Å². The first kappa shape index (κ1) is 23.8. The molecule has 1 aliphatic carbocycles. The fraction of sp³-hybridized carbons (Fsp3) is 0.286. The van der Waals surface area contributed by atoms with Gasteiger partial charge in [-0.1, -0.05) is 0 Å². The zero-order chi connectivity index (χ0) is 26.6. The predicted octanol–water partition coefficient (Wildman–Crippen LogP) is 3.55. The number of aromatic hydroxyl groups is 1. The fourth-order valence-corrected chi connectivity index (χ4v) is 5.56. The van der Waals surface area contributed by atoms with Gasteiger partial charge in [-0.25, -0.2) is 4.79 Å². The molecule has 3 aromatic rings. The molecular weight excluding hydrogens is 494 g/mol. The molecule has 0 amide bonds. The summed E-state index contributed by atoms with van der Waals surface area (Å²) in [5.74, 6) is -1.40. The van der Waals surface area contributed by atoms with Crippen LogP contribution < -0.4 is 24.7 Å². The maximum Gasteiger partial charge on any atom is 0.338 e. The van der Waals surface area contributed by atoms with Crippen molar-refractivity contribution >= 4 is 17.6 Å². The molecule has 2 heterocycles. The Bertz CT molecular complexity index is 1410. The molecule has 38 heavy (non-hydrogen) atoms. The molecule has 196 valence electrons. The van der Waals surface area contributed by atoms with Gasteiger partial charge >= 0.3 is 11.9 Å². The second-order valence-electron chi connectivity index (χ2n) is 9.35. The van der Waals surface area contributed by atoms with Crippen molar-refractivity contribution in [1.82, 2.24) is 0 Å². The molecule has 0 unspecified atom stereocenters. The summed E-state index contributed by atoms with van der Waals surface area (Å²) in [4.78, 5) is 26.4. The fourth-order valence-electron chi connectivity index (χ4n) is 5.56. The number of esters is 2. The van der Waals surface area contributed by atoms with Crippen LogP contribution in [0.1, 0.15) is 39.1 Å². The Morgan fingerprint density at radius 2 is 1.58 bits per heavy atom. The van der Waals surface area contributed by atoms with Gasteiger partial charge in [0.25, 0.3) is 0 Å². The lowest BCUT2D eigenvalue weighted by Crippen LogP contribution is -2.36. The van der Waals surface area contributed by atoms with E-state index >= 15 is 0 Å². The molecule has 3 N–H and O–H groups in total. The van der Waals surface area contributed by atoms with Crippen LogP contribution in [0.4, 0.5) is 5.69 Å². The Kier molecular flexibility index (Phi) is 5.67. The molecule has 1 saturated heterocycles. The standard InChI is InChI=1S/C28H25NO9/c1-33-21-7-14(8-22(34-2)25(21)30)23-16-9-19-20(37-12-36-19)10-17(16)26(18-11-35-28(32)24(18)23)38-27(31)13-3-5-15(29)6-4-13/h3-10,18,23-24,26,30H,11-12,29H2,1-2H3/t18-,23+,24-,26+/m0/s1. The molecule has 1 fully saturated rings. The van der Waals surface area contributed by atoms with Crippen LogP contribution in [-0.2, 0) is 14.3 Å². The Hall–Kier alpha value is -4.60. The summed E-state index contributed by atoms with van der Waals surface area (Å²) >= 11 is 0. The van der Waals surface area contributed by atoms with E-state index in [1.807, 2.05) is 0 Å². The lowest BCUT2D eigenvalue weighted by Gasteiger charge is -2.38. The number of carbonyl (C=O) groups excluding carboxylic acids is 2. The molecule has 10 nitrogen and oxygen atoms in total. The number of nitrogen functional groups attached to an aromatic ring is 1. The second-order valence-corrected chi connectivity index (χ2v) is 9.35. The first-order valence-corrected chi connectivity index (χ1v) is 12.0. The number of cyclic esters (lactones) is 1. The van der Waals surface area contributed by atoms with E-state index in [1.165, 1.54) is 14.2 Å². The zero-order valence-corrected chi connectivity index (χ0v) is 20.6. The minimum absolute atomic E-state index is 0.0501. The Morgan fingerprint density at radius 3 is 2.21 bits per heavy atom. The second kappa shape index (κ2) is 9.05. The summed E-state index contributed by atoms with van der Waals surface area (Å²) in [5.41, 5.74) is 8.67. The van der Waals surface area contributed by atoms with E-state index in [-0.39, 0.29) is 30.6 Å². The highest BCUT2D eigenvalue weighted by Crippen LogP contribution is 2.56. The highest BCUT2D eigenvalue weighted by Gasteiger charge is 2.54. The van der Waals surface area contributed by atoms with Crippen molar-refractivity contribution in [1.29, 1.82) is 0 Å². The largest absolute Gasteiger partial charge is 0.502 e. The van der Waals surface area contributed by atoms with Gasteiger partial charge in [0.05, 0.1) is 32.3 Å². The predicted molar refractivity (Wildman–Crippen MR) is 133 cm³/mol. The lowest BCUT2D eigenvalue weighted by atomic mass is 9.66. The van der Waals surface area contributed by atoms with Gasteiger partial charge in [-0.2, -0.15) is 0 Å². The Morgan fingerprint density at radius 1 is 0.947 bits per heavy atom. The van der Waals surface area contributed by atoms with Gasteiger partial charge in [0.15, 0.2) is 23.0 Å². The number of hydrogen-bond donors (Lipinski definition) is 2. The zero-order valence-electron chi connectivity index (χ0n) is 20.6. The number of methoxy groups -OCH3 is 2. The molecule has 0 aromatic heterocycles. The number of phenolic OH excluding ortho intramolecular Hbond substituents is 1. The number of fused-ring (bicyclic) bond motifs is 3. The monoisotopic (exact) mass is 519 g/mol. The summed E-state index contributed by atoms with van der Waals surface area (Å²) in [6.45, 7) is 0.120. The molecule has 6 rings (SSSR count). The van der Waals surface area contributed by atoms with Gasteiger partial charge < -0.3 is 39.3 Å². The first-order chi connectivity index (χ1) is 18.4. The van der Waals surface area contributed by atoms with Crippen molar-refractivity contribution < 1.29 is 43.1 Å². The van der Waals surface area contributed by atoms with E-state index in [2.05, 4.69) is 0 Å². The summed E-state index contributed by atoms with van der Waals surface area (Å²) in [6.07, 6.45) is -0.793. The van der Waals surface area contributed by atoms with Crippen LogP contribution in [0, 0.1) is 11.8 Å². The average Bonchev–Trinajstić information content (AvgIpc) is 3.54. The van der Waals surface area contributed by atoms with E-state index in [0.717, 1.165) is 0 Å². The van der Waals surface area contributed by atoms with E-state index in [9.17, 15) is 14.7 Å². The van der Waals surface area contributed by atoms with Crippen LogP contribution in [0.3, 0.4) is 0 Å². The molecule has 10 heteroatoms. The minimum atomic E-state index is -0.793.